The highest BCUT2D eigenvalue weighted by molar-refractivity contribution is 7.18. The molecule has 0 aliphatic heterocycles. The number of benzene rings is 1. The lowest BCUT2D eigenvalue weighted by molar-refractivity contribution is 0.0531. The number of rotatable bonds is 8. The number of esters is 2. The maximum atomic E-state index is 12.8. The van der Waals surface area contributed by atoms with Crippen molar-refractivity contribution in [2.24, 2.45) is 0 Å². The van der Waals surface area contributed by atoms with Crippen LogP contribution in [0.3, 0.4) is 0 Å². The molecule has 2 heterocycles. The number of halogens is 5. The molecule has 1 aromatic carbocycles. The number of carbonyl (C=O) groups excluding carboxylic acids is 3. The topological polar surface area (TPSA) is 104 Å². The second-order valence-corrected chi connectivity index (χ2v) is 9.79. The third-order valence-electron chi connectivity index (χ3n) is 4.64. The Bertz CT molecular complexity index is 1320. The number of furan rings is 1. The van der Waals surface area contributed by atoms with E-state index in [-0.39, 0.29) is 71.0 Å². The van der Waals surface area contributed by atoms with Crippen LogP contribution in [-0.2, 0) is 16.1 Å². The van der Waals surface area contributed by atoms with Gasteiger partial charge in [0.05, 0.1) is 34.3 Å². The quantitative estimate of drug-likeness (QED) is 0.157. The Morgan fingerprint density at radius 2 is 1.58 bits per heavy atom. The number of thiophene rings is 1. The highest BCUT2D eigenvalue weighted by Gasteiger charge is 2.28. The van der Waals surface area contributed by atoms with Crippen molar-refractivity contribution in [2.45, 2.75) is 20.5 Å². The van der Waals surface area contributed by atoms with E-state index in [2.05, 4.69) is 5.32 Å². The van der Waals surface area contributed by atoms with Crippen LogP contribution in [0.4, 0.5) is 5.00 Å². The molecule has 0 saturated heterocycles. The van der Waals surface area contributed by atoms with Crippen LogP contribution in [0.25, 0.3) is 0 Å². The van der Waals surface area contributed by atoms with Crippen LogP contribution < -0.4 is 10.1 Å². The van der Waals surface area contributed by atoms with Crippen molar-refractivity contribution in [2.75, 3.05) is 19.0 Å². The lowest BCUT2D eigenvalue weighted by Gasteiger charge is -2.12. The number of amides is 1. The van der Waals surface area contributed by atoms with Crippen LogP contribution in [0.1, 0.15) is 48.8 Å². The first-order chi connectivity index (χ1) is 17.0. The van der Waals surface area contributed by atoms with Crippen molar-refractivity contribution in [3.8, 4) is 5.75 Å². The largest absolute Gasteiger partial charge is 0.482 e. The van der Waals surface area contributed by atoms with Gasteiger partial charge in [0.25, 0.3) is 5.91 Å². The minimum absolute atomic E-state index is 0.0107. The Balaban J connectivity index is 1.80. The van der Waals surface area contributed by atoms with Crippen molar-refractivity contribution in [1.29, 1.82) is 0 Å². The molecular formula is C22H16Cl5NO7S. The van der Waals surface area contributed by atoms with Gasteiger partial charge in [0.1, 0.15) is 32.3 Å². The summed E-state index contributed by atoms with van der Waals surface area (Å²) >= 11 is 31.2. The van der Waals surface area contributed by atoms with E-state index < -0.39 is 17.8 Å². The van der Waals surface area contributed by atoms with Crippen LogP contribution in [0, 0.1) is 6.92 Å². The number of methoxy groups -OCH3 is 1. The van der Waals surface area contributed by atoms with Crippen molar-refractivity contribution in [3.63, 3.8) is 0 Å². The summed E-state index contributed by atoms with van der Waals surface area (Å²) in [5.74, 6) is -1.91. The average Bonchev–Trinajstić information content (AvgIpc) is 3.45. The fourth-order valence-corrected chi connectivity index (χ4v) is 5.25. The number of hydrogen-bond acceptors (Lipinski definition) is 8. The minimum Gasteiger partial charge on any atom is -0.482 e. The summed E-state index contributed by atoms with van der Waals surface area (Å²) in [6.45, 7) is 3.17. The molecule has 0 unspecified atom stereocenters. The molecule has 1 N–H and O–H groups in total. The zero-order valence-electron chi connectivity index (χ0n) is 18.7. The van der Waals surface area contributed by atoms with Crippen LogP contribution in [-0.4, -0.2) is 31.6 Å². The Morgan fingerprint density at radius 1 is 0.972 bits per heavy atom. The van der Waals surface area contributed by atoms with Crippen molar-refractivity contribution in [1.82, 2.24) is 0 Å². The van der Waals surface area contributed by atoms with Crippen LogP contribution in [0.2, 0.25) is 25.1 Å². The minimum atomic E-state index is -0.725. The second-order valence-electron chi connectivity index (χ2n) is 6.88. The SMILES string of the molecule is CCOC(=O)c1sc(NC(=O)c2ccc(COc3c(Cl)c(Cl)c(Cl)c(Cl)c3Cl)o2)c(C(=O)OC)c1C. The molecule has 1 amide bonds. The molecule has 8 nitrogen and oxygen atoms in total. The molecule has 0 aliphatic rings. The number of anilines is 1. The summed E-state index contributed by atoms with van der Waals surface area (Å²) in [4.78, 5) is 37.5. The molecule has 0 saturated carbocycles. The van der Waals surface area contributed by atoms with Gasteiger partial charge in [-0.1, -0.05) is 58.0 Å². The first kappa shape index (κ1) is 28.4. The van der Waals surface area contributed by atoms with Gasteiger partial charge in [0.2, 0.25) is 0 Å². The third kappa shape index (κ3) is 5.72. The zero-order valence-corrected chi connectivity index (χ0v) is 23.3. The molecule has 14 heteroatoms. The second kappa shape index (κ2) is 11.9. The number of nitrogens with one attached hydrogen (secondary N) is 1. The highest BCUT2D eigenvalue weighted by Crippen LogP contribution is 2.48. The standard InChI is InChI=1S/C22H16Cl5NO7S/c1-4-33-22(31)18-8(2)11(21(30)32-3)20(36-18)28-19(29)10-6-5-9(35-10)7-34-17-15(26)13(24)12(23)14(25)16(17)27/h5-6H,4,7H2,1-3H3,(H,28,29). The van der Waals surface area contributed by atoms with Crippen molar-refractivity contribution in [3.05, 3.63) is 64.8 Å². The molecule has 0 atom stereocenters. The molecule has 0 fully saturated rings. The molecule has 3 rings (SSSR count). The van der Waals surface area contributed by atoms with Gasteiger partial charge < -0.3 is 23.9 Å². The average molecular weight is 616 g/mol. The van der Waals surface area contributed by atoms with E-state index in [4.69, 9.17) is 76.6 Å². The van der Waals surface area contributed by atoms with E-state index >= 15 is 0 Å². The summed E-state index contributed by atoms with van der Waals surface area (Å²) in [7, 11) is 1.19. The van der Waals surface area contributed by atoms with Gasteiger partial charge in [-0.3, -0.25) is 4.79 Å². The van der Waals surface area contributed by atoms with Crippen LogP contribution in [0.15, 0.2) is 16.5 Å². The third-order valence-corrected chi connectivity index (χ3v) is 8.07. The van der Waals surface area contributed by atoms with Crippen molar-refractivity contribution < 1.29 is 33.0 Å². The van der Waals surface area contributed by atoms with E-state index in [1.807, 2.05) is 0 Å². The van der Waals surface area contributed by atoms with Gasteiger partial charge in [-0.25, -0.2) is 9.59 Å². The molecule has 0 spiro atoms. The number of ether oxygens (including phenoxy) is 3. The van der Waals surface area contributed by atoms with E-state index in [1.54, 1.807) is 13.8 Å². The molecule has 192 valence electrons. The van der Waals surface area contributed by atoms with Crippen molar-refractivity contribution >= 4 is 92.2 Å². The maximum Gasteiger partial charge on any atom is 0.348 e. The molecular weight excluding hydrogens is 600 g/mol. The van der Waals surface area contributed by atoms with Gasteiger partial charge in [-0.2, -0.15) is 0 Å². The van der Waals surface area contributed by atoms with E-state index in [0.29, 0.717) is 5.56 Å². The highest BCUT2D eigenvalue weighted by atomic mass is 35.5. The smallest absolute Gasteiger partial charge is 0.348 e. The number of carbonyl (C=O) groups is 3. The molecule has 0 bridgehead atoms. The van der Waals surface area contributed by atoms with E-state index in [0.717, 1.165) is 11.3 Å². The Hall–Kier alpha value is -2.14. The van der Waals surface area contributed by atoms with Gasteiger partial charge in [-0.05, 0) is 31.5 Å². The summed E-state index contributed by atoms with van der Waals surface area (Å²) < 4.78 is 20.9. The first-order valence-electron chi connectivity index (χ1n) is 9.94. The molecule has 0 aliphatic carbocycles. The Labute approximate surface area is 234 Å². The van der Waals surface area contributed by atoms with Gasteiger partial charge in [0, 0.05) is 0 Å². The number of hydrogen-bond donors (Lipinski definition) is 1. The van der Waals surface area contributed by atoms with Gasteiger partial charge >= 0.3 is 11.9 Å². The predicted octanol–water partition coefficient (Wildman–Crippen LogP) is 7.71. The first-order valence-corrected chi connectivity index (χ1v) is 12.6. The monoisotopic (exact) mass is 613 g/mol. The van der Waals surface area contributed by atoms with Gasteiger partial charge in [0.15, 0.2) is 11.5 Å². The normalized spacial score (nSPS) is 10.8. The summed E-state index contributed by atoms with van der Waals surface area (Å²) in [6.07, 6.45) is 0. The Morgan fingerprint density at radius 3 is 2.17 bits per heavy atom. The van der Waals surface area contributed by atoms with Crippen LogP contribution >= 0.6 is 69.3 Å². The van der Waals surface area contributed by atoms with Crippen LogP contribution in [0.5, 0.6) is 5.75 Å². The maximum absolute atomic E-state index is 12.8. The fourth-order valence-electron chi connectivity index (χ4n) is 2.94. The Kier molecular flexibility index (Phi) is 9.43. The lowest BCUT2D eigenvalue weighted by Crippen LogP contribution is -2.13. The van der Waals surface area contributed by atoms with E-state index in [9.17, 15) is 14.4 Å². The predicted molar refractivity (Wildman–Crippen MR) is 139 cm³/mol. The molecule has 2 aromatic heterocycles. The lowest BCUT2D eigenvalue weighted by atomic mass is 10.1. The fraction of sp³-hybridized carbons (Fsp3) is 0.227. The summed E-state index contributed by atoms with van der Waals surface area (Å²) in [5.41, 5.74) is 0.359. The molecule has 3 aromatic rings. The molecule has 36 heavy (non-hydrogen) atoms. The zero-order chi connectivity index (χ0) is 26.7. The summed E-state index contributed by atoms with van der Waals surface area (Å²) in [6, 6.07) is 2.88. The molecule has 0 radical (unpaired) electrons. The summed E-state index contributed by atoms with van der Waals surface area (Å²) in [5, 5.41) is 2.52. The van der Waals surface area contributed by atoms with E-state index in [1.165, 1.54) is 19.2 Å². The van der Waals surface area contributed by atoms with Gasteiger partial charge in [-0.15, -0.1) is 11.3 Å².